The Labute approximate surface area is 108 Å². The first-order chi connectivity index (χ1) is 8.66. The van der Waals surface area contributed by atoms with Gasteiger partial charge in [-0.05, 0) is 55.5 Å². The van der Waals surface area contributed by atoms with E-state index >= 15 is 0 Å². The first-order valence-electron chi connectivity index (χ1n) is 6.50. The summed E-state index contributed by atoms with van der Waals surface area (Å²) in [5.74, 6) is -0.409. The molecule has 0 radical (unpaired) electrons. The van der Waals surface area contributed by atoms with Crippen LogP contribution >= 0.6 is 0 Å². The van der Waals surface area contributed by atoms with Crippen LogP contribution in [0.5, 0.6) is 0 Å². The van der Waals surface area contributed by atoms with Crippen molar-refractivity contribution in [1.82, 2.24) is 0 Å². The second-order valence-corrected chi connectivity index (χ2v) is 4.83. The number of rotatable bonds is 3. The summed E-state index contributed by atoms with van der Waals surface area (Å²) in [5, 5.41) is 0. The molecule has 18 heavy (non-hydrogen) atoms. The summed E-state index contributed by atoms with van der Waals surface area (Å²) in [4.78, 5) is 13.1. The fourth-order valence-electron chi connectivity index (χ4n) is 2.45. The summed E-state index contributed by atoms with van der Waals surface area (Å²) in [6.45, 7) is 4.42. The van der Waals surface area contributed by atoms with Crippen molar-refractivity contribution in [3.8, 4) is 0 Å². The van der Waals surface area contributed by atoms with Crippen LogP contribution in [-0.4, -0.2) is 19.0 Å². The molecule has 3 nitrogen and oxygen atoms in total. The van der Waals surface area contributed by atoms with Gasteiger partial charge in [-0.15, -0.1) is 0 Å². The molecule has 0 bridgehead atoms. The van der Waals surface area contributed by atoms with Crippen molar-refractivity contribution in [2.45, 2.75) is 26.2 Å². The molecule has 0 unspecified atom stereocenters. The predicted molar refractivity (Wildman–Crippen MR) is 75.5 cm³/mol. The molecule has 1 aliphatic rings. The van der Waals surface area contributed by atoms with Crippen molar-refractivity contribution in [3.63, 3.8) is 0 Å². The van der Waals surface area contributed by atoms with Gasteiger partial charge in [0.05, 0.1) is 0 Å². The Balaban J connectivity index is 2.16. The number of benzene rings is 1. The highest BCUT2D eigenvalue weighted by Crippen LogP contribution is 2.25. The third kappa shape index (κ3) is 3.13. The molecule has 0 spiro atoms. The number of aryl methyl sites for hydroxylation is 1. The van der Waals surface area contributed by atoms with E-state index in [0.29, 0.717) is 0 Å². The van der Waals surface area contributed by atoms with Crippen LogP contribution in [-0.2, 0) is 4.79 Å². The number of hydrogen-bond donors (Lipinski definition) is 1. The zero-order valence-electron chi connectivity index (χ0n) is 10.9. The number of nitrogens with zero attached hydrogens (tertiary/aromatic N) is 1. The first-order valence-corrected chi connectivity index (χ1v) is 6.50. The predicted octanol–water partition coefficient (Wildman–Crippen LogP) is 2.48. The van der Waals surface area contributed by atoms with Gasteiger partial charge >= 0.3 is 0 Å². The van der Waals surface area contributed by atoms with Gasteiger partial charge in [0.25, 0.3) is 0 Å². The Kier molecular flexibility index (Phi) is 4.03. The van der Waals surface area contributed by atoms with E-state index in [0.717, 1.165) is 18.7 Å². The van der Waals surface area contributed by atoms with Crippen molar-refractivity contribution in [3.05, 3.63) is 35.4 Å². The van der Waals surface area contributed by atoms with Crippen molar-refractivity contribution in [2.75, 3.05) is 18.0 Å². The Morgan fingerprint density at radius 2 is 2.00 bits per heavy atom. The highest BCUT2D eigenvalue weighted by atomic mass is 16.1. The fraction of sp³-hybridized carbons (Fsp3) is 0.400. The lowest BCUT2D eigenvalue weighted by Crippen LogP contribution is -2.29. The Morgan fingerprint density at radius 1 is 1.28 bits per heavy atom. The summed E-state index contributed by atoms with van der Waals surface area (Å²) in [6.07, 6.45) is 7.06. The van der Waals surface area contributed by atoms with Crippen LogP contribution in [0.15, 0.2) is 24.3 Å². The molecule has 2 N–H and O–H groups in total. The molecule has 3 heteroatoms. The third-order valence-corrected chi connectivity index (χ3v) is 3.36. The Hall–Kier alpha value is -1.77. The van der Waals surface area contributed by atoms with Crippen LogP contribution < -0.4 is 10.6 Å². The van der Waals surface area contributed by atoms with Gasteiger partial charge in [0.2, 0.25) is 5.91 Å². The summed E-state index contributed by atoms with van der Waals surface area (Å²) in [6, 6.07) is 6.28. The molecule has 1 aromatic rings. The smallest absolute Gasteiger partial charge is 0.241 e. The average molecular weight is 244 g/mol. The molecule has 0 saturated carbocycles. The van der Waals surface area contributed by atoms with Crippen LogP contribution in [0.4, 0.5) is 5.69 Å². The van der Waals surface area contributed by atoms with Crippen LogP contribution in [0.1, 0.15) is 30.4 Å². The van der Waals surface area contributed by atoms with Crippen LogP contribution in [0, 0.1) is 6.92 Å². The topological polar surface area (TPSA) is 46.3 Å². The molecule has 1 heterocycles. The molecule has 1 saturated heterocycles. The van der Waals surface area contributed by atoms with E-state index in [1.54, 1.807) is 6.08 Å². The maximum absolute atomic E-state index is 10.7. The highest BCUT2D eigenvalue weighted by Gasteiger charge is 2.12. The molecule has 0 atom stereocenters. The number of carbonyl (C=O) groups is 1. The van der Waals surface area contributed by atoms with Crippen molar-refractivity contribution >= 4 is 17.7 Å². The van der Waals surface area contributed by atoms with E-state index in [9.17, 15) is 4.79 Å². The molecule has 1 fully saturated rings. The molecular weight excluding hydrogens is 224 g/mol. The normalized spacial score (nSPS) is 16.2. The SMILES string of the molecule is Cc1cc(/C=C\C(N)=O)ccc1N1CCCCC1. The minimum atomic E-state index is -0.409. The monoisotopic (exact) mass is 244 g/mol. The number of anilines is 1. The van der Waals surface area contributed by atoms with Gasteiger partial charge in [0, 0.05) is 24.9 Å². The van der Waals surface area contributed by atoms with Gasteiger partial charge in [-0.25, -0.2) is 0 Å². The minimum absolute atomic E-state index is 0.409. The molecule has 2 rings (SSSR count). The van der Waals surface area contributed by atoms with Crippen LogP contribution in [0.2, 0.25) is 0 Å². The molecular formula is C15H20N2O. The molecule has 0 aliphatic carbocycles. The van der Waals surface area contributed by atoms with Gasteiger partial charge in [-0.1, -0.05) is 6.07 Å². The van der Waals surface area contributed by atoms with Crippen molar-refractivity contribution < 1.29 is 4.79 Å². The molecule has 1 amide bonds. The summed E-state index contributed by atoms with van der Waals surface area (Å²) >= 11 is 0. The summed E-state index contributed by atoms with van der Waals surface area (Å²) in [5.41, 5.74) is 8.68. The van der Waals surface area contributed by atoms with E-state index in [-0.39, 0.29) is 0 Å². The van der Waals surface area contributed by atoms with Crippen LogP contribution in [0.25, 0.3) is 6.08 Å². The number of primary amides is 1. The van der Waals surface area contributed by atoms with Gasteiger partial charge < -0.3 is 10.6 Å². The molecule has 1 aliphatic heterocycles. The largest absolute Gasteiger partial charge is 0.371 e. The Morgan fingerprint density at radius 3 is 2.61 bits per heavy atom. The summed E-state index contributed by atoms with van der Waals surface area (Å²) < 4.78 is 0. The van der Waals surface area contributed by atoms with E-state index in [2.05, 4.69) is 24.0 Å². The average Bonchev–Trinajstić information content (AvgIpc) is 2.37. The lowest BCUT2D eigenvalue weighted by molar-refractivity contribution is -0.113. The number of piperidine rings is 1. The number of carbonyl (C=O) groups excluding carboxylic acids is 1. The Bertz CT molecular complexity index is 460. The highest BCUT2D eigenvalue weighted by molar-refractivity contribution is 5.90. The zero-order chi connectivity index (χ0) is 13.0. The van der Waals surface area contributed by atoms with Crippen LogP contribution in [0.3, 0.4) is 0 Å². The standard InChI is InChI=1S/C15H20N2O/c1-12-11-13(6-8-15(16)18)5-7-14(12)17-9-3-2-4-10-17/h5-8,11H,2-4,9-10H2,1H3,(H2,16,18)/b8-6-. The lowest BCUT2D eigenvalue weighted by Gasteiger charge is -2.30. The maximum Gasteiger partial charge on any atom is 0.241 e. The molecule has 1 aromatic carbocycles. The number of hydrogen-bond acceptors (Lipinski definition) is 2. The second kappa shape index (κ2) is 5.71. The van der Waals surface area contributed by atoms with Gasteiger partial charge in [-0.2, -0.15) is 0 Å². The molecule has 0 aromatic heterocycles. The number of amides is 1. The third-order valence-electron chi connectivity index (χ3n) is 3.36. The van der Waals surface area contributed by atoms with E-state index in [4.69, 9.17) is 5.73 Å². The minimum Gasteiger partial charge on any atom is -0.371 e. The van der Waals surface area contributed by atoms with E-state index < -0.39 is 5.91 Å². The van der Waals surface area contributed by atoms with Gasteiger partial charge in [0.1, 0.15) is 0 Å². The van der Waals surface area contributed by atoms with E-state index in [1.807, 2.05) is 6.07 Å². The molecule has 96 valence electrons. The number of nitrogens with two attached hydrogens (primary N) is 1. The maximum atomic E-state index is 10.7. The van der Waals surface area contributed by atoms with E-state index in [1.165, 1.54) is 36.6 Å². The first kappa shape index (κ1) is 12.7. The quantitative estimate of drug-likeness (QED) is 0.830. The zero-order valence-corrected chi connectivity index (χ0v) is 10.9. The van der Waals surface area contributed by atoms with Crippen molar-refractivity contribution in [1.29, 1.82) is 0 Å². The fourth-order valence-corrected chi connectivity index (χ4v) is 2.45. The van der Waals surface area contributed by atoms with Gasteiger partial charge in [-0.3, -0.25) is 4.79 Å². The van der Waals surface area contributed by atoms with Crippen molar-refractivity contribution in [2.24, 2.45) is 5.73 Å². The summed E-state index contributed by atoms with van der Waals surface area (Å²) in [7, 11) is 0. The lowest BCUT2D eigenvalue weighted by atomic mass is 10.1. The van der Waals surface area contributed by atoms with Gasteiger partial charge in [0.15, 0.2) is 0 Å². The second-order valence-electron chi connectivity index (χ2n) is 4.83.